The Morgan fingerprint density at radius 1 is 1.07 bits per heavy atom. The molecule has 3 aliphatic rings. The molecule has 14 atom stereocenters. The van der Waals surface area contributed by atoms with Gasteiger partial charge in [-0.2, -0.15) is 0 Å². The Balaban J connectivity index is 1.46. The number of benzene rings is 1. The van der Waals surface area contributed by atoms with Crippen molar-refractivity contribution < 1.29 is 53.0 Å². The third kappa shape index (κ3) is 8.63. The Bertz CT molecular complexity index is 1680. The van der Waals surface area contributed by atoms with E-state index in [4.69, 9.17) is 28.4 Å². The Morgan fingerprint density at radius 2 is 1.76 bits per heavy atom. The number of fused-ring (bicyclic) bond motifs is 2. The Labute approximate surface area is 325 Å². The third-order valence-electron chi connectivity index (χ3n) is 12.6. The van der Waals surface area contributed by atoms with Crippen LogP contribution in [0.4, 0.5) is 0 Å². The van der Waals surface area contributed by atoms with Crippen molar-refractivity contribution >= 4 is 28.6 Å². The first-order valence-corrected chi connectivity index (χ1v) is 19.7. The van der Waals surface area contributed by atoms with Crippen molar-refractivity contribution in [2.24, 2.45) is 23.7 Å². The van der Waals surface area contributed by atoms with Crippen LogP contribution in [0.25, 0.3) is 10.9 Å². The van der Waals surface area contributed by atoms with Crippen LogP contribution in [0.2, 0.25) is 0 Å². The Kier molecular flexibility index (Phi) is 13.2. The number of Topliss-reactive ketones (excluding diaryl/α,β-unsaturated/α-hetero) is 1. The van der Waals surface area contributed by atoms with Crippen molar-refractivity contribution in [3.05, 3.63) is 42.1 Å². The number of para-hydroxylation sites is 1. The number of hydrogen-bond donors (Lipinski definition) is 2. The van der Waals surface area contributed by atoms with E-state index in [0.29, 0.717) is 29.3 Å². The highest BCUT2D eigenvalue weighted by molar-refractivity contribution is 6.03. The van der Waals surface area contributed by atoms with Crippen LogP contribution < -0.4 is 0 Å². The summed E-state index contributed by atoms with van der Waals surface area (Å²) < 4.78 is 37.4. The number of pyridine rings is 1. The van der Waals surface area contributed by atoms with E-state index < -0.39 is 83.0 Å². The smallest absolute Gasteiger partial charge is 0.338 e. The van der Waals surface area contributed by atoms with E-state index in [9.17, 15) is 24.6 Å². The van der Waals surface area contributed by atoms with Crippen molar-refractivity contribution in [1.82, 2.24) is 9.88 Å². The molecule has 2 N–H and O–H groups in total. The molecule has 306 valence electrons. The van der Waals surface area contributed by atoms with Gasteiger partial charge < -0.3 is 43.5 Å². The lowest BCUT2D eigenvalue weighted by Gasteiger charge is -2.47. The molecule has 0 amide bonds. The van der Waals surface area contributed by atoms with Crippen molar-refractivity contribution in [2.45, 2.75) is 141 Å². The summed E-state index contributed by atoms with van der Waals surface area (Å²) in [6, 6.07) is 8.68. The fourth-order valence-corrected chi connectivity index (χ4v) is 9.38. The standard InChI is InChI=1S/C42H62N2O11/c1-12-32-41(7,49)31(18-20-51-38(48)28-17-19-43-29-16-14-13-15-27(28)29)42(8)35(55-42)23(2)22-40(6,50-11)36(25(4)33(45)26(5)37(47)53-32)54-39-34(46)30(44(9)10)21-24(3)52-39/h13-17,19,23-26,30-32,34-36,39,46,49H,12,18,20-22H2,1-11H3/t23-,24-,25-,26?,30+,31-,32-,34-,35?,36-,39+,40-,41+,42?/m1/s1. The molecule has 3 aliphatic heterocycles. The molecule has 0 spiro atoms. The van der Waals surface area contributed by atoms with Gasteiger partial charge in [-0.15, -0.1) is 0 Å². The normalized spacial score (nSPS) is 40.3. The summed E-state index contributed by atoms with van der Waals surface area (Å²) in [5.41, 5.74) is -2.64. The molecule has 0 saturated carbocycles. The SMILES string of the molecule is CC[C@H]1OC(=O)C(C)C(=O)[C@@H](C)[C@@H](O[C@@H]2O[C@H](C)C[C@H](N(C)C)[C@H]2O)[C@](C)(OC)C[C@@H](C)C2OC2(C)[C@H](CCOC(=O)c2ccnc3ccccc23)[C@]1(C)O. The molecule has 13 nitrogen and oxygen atoms in total. The average molecular weight is 771 g/mol. The highest BCUT2D eigenvalue weighted by atomic mass is 16.7. The molecular formula is C42H62N2O11. The summed E-state index contributed by atoms with van der Waals surface area (Å²) in [7, 11) is 5.33. The van der Waals surface area contributed by atoms with E-state index >= 15 is 0 Å². The van der Waals surface area contributed by atoms with Crippen LogP contribution in [0.3, 0.4) is 0 Å². The van der Waals surface area contributed by atoms with Crippen LogP contribution in [0.15, 0.2) is 36.5 Å². The average Bonchev–Trinajstić information content (AvgIpc) is 3.85. The molecule has 0 radical (unpaired) electrons. The van der Waals surface area contributed by atoms with Gasteiger partial charge in [-0.25, -0.2) is 4.79 Å². The molecule has 0 bridgehead atoms. The van der Waals surface area contributed by atoms with Crippen LogP contribution in [0, 0.1) is 23.7 Å². The van der Waals surface area contributed by atoms with Crippen molar-refractivity contribution in [2.75, 3.05) is 27.8 Å². The number of carbonyl (C=O) groups is 3. The molecule has 3 fully saturated rings. The first kappa shape index (κ1) is 43.1. The van der Waals surface area contributed by atoms with E-state index in [1.807, 2.05) is 71.0 Å². The largest absolute Gasteiger partial charge is 0.462 e. The zero-order valence-electron chi connectivity index (χ0n) is 34.3. The first-order chi connectivity index (χ1) is 25.8. The zero-order chi connectivity index (χ0) is 40.6. The number of aliphatic hydroxyl groups excluding tert-OH is 1. The maximum Gasteiger partial charge on any atom is 0.338 e. The predicted molar refractivity (Wildman–Crippen MR) is 204 cm³/mol. The number of likely N-dealkylation sites (N-methyl/N-ethyl adjacent to an activating group) is 1. The number of ketones is 1. The number of esters is 2. The number of methoxy groups -OCH3 is 1. The summed E-state index contributed by atoms with van der Waals surface area (Å²) in [6.07, 6.45) is -1.72. The Hall–Kier alpha value is -3.04. The molecule has 3 saturated heterocycles. The van der Waals surface area contributed by atoms with Crippen molar-refractivity contribution in [1.29, 1.82) is 0 Å². The van der Waals surface area contributed by atoms with Gasteiger partial charge in [0.1, 0.15) is 23.7 Å². The van der Waals surface area contributed by atoms with Gasteiger partial charge in [0.15, 0.2) is 12.1 Å². The van der Waals surface area contributed by atoms with E-state index in [1.54, 1.807) is 40.1 Å². The monoisotopic (exact) mass is 770 g/mol. The molecule has 13 heteroatoms. The van der Waals surface area contributed by atoms with E-state index in [2.05, 4.69) is 4.98 Å². The summed E-state index contributed by atoms with van der Waals surface area (Å²) in [6.45, 7) is 14.3. The van der Waals surface area contributed by atoms with E-state index in [-0.39, 0.29) is 37.5 Å². The molecule has 3 unspecified atom stereocenters. The quantitative estimate of drug-likeness (QED) is 0.205. The van der Waals surface area contributed by atoms with Gasteiger partial charge in [-0.05, 0) is 92.4 Å². The fourth-order valence-electron chi connectivity index (χ4n) is 9.38. The number of aromatic nitrogens is 1. The van der Waals surface area contributed by atoms with Gasteiger partial charge in [0.25, 0.3) is 0 Å². The molecule has 0 aliphatic carbocycles. The summed E-state index contributed by atoms with van der Waals surface area (Å²) >= 11 is 0. The van der Waals surface area contributed by atoms with Gasteiger partial charge in [0.05, 0.1) is 47.2 Å². The highest BCUT2D eigenvalue weighted by Crippen LogP contribution is 2.54. The second-order valence-corrected chi connectivity index (χ2v) is 16.9. The number of carbonyl (C=O) groups excluding carboxylic acids is 3. The van der Waals surface area contributed by atoms with Crippen LogP contribution in [0.5, 0.6) is 0 Å². The molecule has 55 heavy (non-hydrogen) atoms. The third-order valence-corrected chi connectivity index (χ3v) is 12.6. The summed E-state index contributed by atoms with van der Waals surface area (Å²) in [5, 5.41) is 24.5. The summed E-state index contributed by atoms with van der Waals surface area (Å²) in [5.74, 6) is -4.70. The second-order valence-electron chi connectivity index (χ2n) is 16.9. The number of cyclic esters (lactones) is 1. The number of nitrogens with zero attached hydrogens (tertiary/aromatic N) is 2. The van der Waals surface area contributed by atoms with Gasteiger partial charge in [-0.1, -0.05) is 39.0 Å². The highest BCUT2D eigenvalue weighted by Gasteiger charge is 2.66. The number of rotatable bonds is 9. The van der Waals surface area contributed by atoms with E-state index in [0.717, 1.165) is 0 Å². The number of hydrogen-bond acceptors (Lipinski definition) is 13. The maximum absolute atomic E-state index is 14.2. The predicted octanol–water partition coefficient (Wildman–Crippen LogP) is 4.73. The lowest BCUT2D eigenvalue weighted by molar-refractivity contribution is -0.295. The number of epoxide rings is 1. The molecular weight excluding hydrogens is 708 g/mol. The fraction of sp³-hybridized carbons (Fsp3) is 0.714. The minimum Gasteiger partial charge on any atom is -0.462 e. The zero-order valence-corrected chi connectivity index (χ0v) is 34.3. The van der Waals surface area contributed by atoms with Crippen molar-refractivity contribution in [3.8, 4) is 0 Å². The van der Waals surface area contributed by atoms with Crippen LogP contribution in [-0.4, -0.2) is 125 Å². The van der Waals surface area contributed by atoms with Crippen LogP contribution in [-0.2, 0) is 38.0 Å². The number of aliphatic hydroxyl groups is 2. The van der Waals surface area contributed by atoms with Crippen LogP contribution in [0.1, 0.15) is 91.4 Å². The topological polar surface area (TPSA) is 166 Å². The second kappa shape index (κ2) is 16.8. The van der Waals surface area contributed by atoms with E-state index in [1.165, 1.54) is 6.92 Å². The summed E-state index contributed by atoms with van der Waals surface area (Å²) in [4.78, 5) is 47.7. The Morgan fingerprint density at radius 3 is 2.42 bits per heavy atom. The molecule has 2 aromatic rings. The van der Waals surface area contributed by atoms with Gasteiger partial charge in [0.2, 0.25) is 0 Å². The molecule has 5 rings (SSSR count). The number of ether oxygens (including phenoxy) is 6. The van der Waals surface area contributed by atoms with Crippen LogP contribution >= 0.6 is 0 Å². The minimum atomic E-state index is -1.65. The minimum absolute atomic E-state index is 0.0467. The van der Waals surface area contributed by atoms with Gasteiger partial charge >= 0.3 is 11.9 Å². The molecule has 1 aromatic heterocycles. The first-order valence-electron chi connectivity index (χ1n) is 19.7. The lowest BCUT2D eigenvalue weighted by Crippen LogP contribution is -2.59. The lowest BCUT2D eigenvalue weighted by atomic mass is 9.70. The molecule has 4 heterocycles. The van der Waals surface area contributed by atoms with Gasteiger partial charge in [0, 0.05) is 36.6 Å². The van der Waals surface area contributed by atoms with Crippen molar-refractivity contribution in [3.63, 3.8) is 0 Å². The molecule has 1 aromatic carbocycles. The van der Waals surface area contributed by atoms with Gasteiger partial charge in [-0.3, -0.25) is 14.6 Å². The maximum atomic E-state index is 14.2.